The van der Waals surface area contributed by atoms with Gasteiger partial charge >= 0.3 is 5.97 Å². The van der Waals surface area contributed by atoms with Crippen molar-refractivity contribution >= 4 is 17.6 Å². The predicted molar refractivity (Wildman–Crippen MR) is 80.5 cm³/mol. The summed E-state index contributed by atoms with van der Waals surface area (Å²) in [6, 6.07) is 13.0. The number of hydrogen-bond acceptors (Lipinski definition) is 4. The van der Waals surface area contributed by atoms with Gasteiger partial charge in [0.15, 0.2) is 6.61 Å². The summed E-state index contributed by atoms with van der Waals surface area (Å²) < 4.78 is 10.4. The van der Waals surface area contributed by atoms with Crippen LogP contribution in [0.1, 0.15) is 10.4 Å². The Morgan fingerprint density at radius 3 is 2.64 bits per heavy atom. The number of anilines is 1. The zero-order valence-corrected chi connectivity index (χ0v) is 11.9. The maximum atomic E-state index is 11.9. The van der Waals surface area contributed by atoms with E-state index in [9.17, 15) is 9.59 Å². The van der Waals surface area contributed by atoms with Gasteiger partial charge in [0.05, 0.1) is 18.4 Å². The molecule has 2 aromatic rings. The molecule has 2 rings (SSSR count). The molecule has 2 aromatic carbocycles. The average Bonchev–Trinajstić information content (AvgIpc) is 2.53. The number of carboxylic acid groups (broad SMARTS) is 1. The van der Waals surface area contributed by atoms with E-state index in [-0.39, 0.29) is 18.1 Å². The van der Waals surface area contributed by atoms with E-state index in [1.165, 1.54) is 19.2 Å². The fraction of sp³-hybridized carbons (Fsp3) is 0.125. The first-order valence-corrected chi connectivity index (χ1v) is 6.49. The maximum absolute atomic E-state index is 11.9. The molecule has 2 N–H and O–H groups in total. The van der Waals surface area contributed by atoms with Crippen molar-refractivity contribution in [3.8, 4) is 11.5 Å². The third-order valence-electron chi connectivity index (χ3n) is 2.83. The van der Waals surface area contributed by atoms with Crippen LogP contribution in [-0.4, -0.2) is 30.7 Å². The quantitative estimate of drug-likeness (QED) is 0.856. The highest BCUT2D eigenvalue weighted by molar-refractivity contribution is 5.93. The summed E-state index contributed by atoms with van der Waals surface area (Å²) in [7, 11) is 1.51. The van der Waals surface area contributed by atoms with Gasteiger partial charge in [-0.2, -0.15) is 0 Å². The van der Waals surface area contributed by atoms with E-state index in [1.54, 1.807) is 36.4 Å². The molecule has 0 aliphatic heterocycles. The summed E-state index contributed by atoms with van der Waals surface area (Å²) in [5, 5.41) is 11.6. The van der Waals surface area contributed by atoms with Crippen molar-refractivity contribution in [2.45, 2.75) is 0 Å². The van der Waals surface area contributed by atoms with Gasteiger partial charge in [-0.3, -0.25) is 4.79 Å². The van der Waals surface area contributed by atoms with E-state index >= 15 is 0 Å². The van der Waals surface area contributed by atoms with Crippen LogP contribution in [0.15, 0.2) is 48.5 Å². The third kappa shape index (κ3) is 3.99. The van der Waals surface area contributed by atoms with Gasteiger partial charge in [0.2, 0.25) is 0 Å². The van der Waals surface area contributed by atoms with Crippen molar-refractivity contribution in [2.75, 3.05) is 19.0 Å². The van der Waals surface area contributed by atoms with Crippen LogP contribution in [-0.2, 0) is 4.79 Å². The van der Waals surface area contributed by atoms with E-state index in [2.05, 4.69) is 5.32 Å². The van der Waals surface area contributed by atoms with Crippen LogP contribution >= 0.6 is 0 Å². The summed E-state index contributed by atoms with van der Waals surface area (Å²) in [6.07, 6.45) is 0. The van der Waals surface area contributed by atoms with Gasteiger partial charge in [-0.05, 0) is 30.3 Å². The number of methoxy groups -OCH3 is 1. The van der Waals surface area contributed by atoms with Crippen LogP contribution in [0.2, 0.25) is 0 Å². The van der Waals surface area contributed by atoms with Gasteiger partial charge in [-0.1, -0.05) is 18.2 Å². The van der Waals surface area contributed by atoms with Crippen molar-refractivity contribution in [3.05, 3.63) is 54.1 Å². The van der Waals surface area contributed by atoms with Crippen LogP contribution < -0.4 is 14.8 Å². The number of carboxylic acids is 1. The molecule has 6 heteroatoms. The molecule has 114 valence electrons. The van der Waals surface area contributed by atoms with E-state index in [0.29, 0.717) is 17.2 Å². The molecular weight excluding hydrogens is 286 g/mol. The van der Waals surface area contributed by atoms with Crippen molar-refractivity contribution in [1.29, 1.82) is 0 Å². The van der Waals surface area contributed by atoms with Crippen molar-refractivity contribution in [3.63, 3.8) is 0 Å². The van der Waals surface area contributed by atoms with Gasteiger partial charge in [-0.25, -0.2) is 4.79 Å². The van der Waals surface area contributed by atoms with Gasteiger partial charge in [0, 0.05) is 0 Å². The number of nitrogens with one attached hydrogen (secondary N) is 1. The average molecular weight is 301 g/mol. The molecule has 22 heavy (non-hydrogen) atoms. The second-order valence-corrected chi connectivity index (χ2v) is 4.37. The summed E-state index contributed by atoms with van der Waals surface area (Å²) in [6.45, 7) is -0.235. The second kappa shape index (κ2) is 7.12. The van der Waals surface area contributed by atoms with Crippen LogP contribution in [0.25, 0.3) is 0 Å². The standard InChI is InChI=1S/C16H15NO5/c1-21-14-8-3-2-7-13(14)17-15(18)10-22-12-6-4-5-11(9-12)16(19)20/h2-9H,10H2,1H3,(H,17,18)(H,19,20). The molecule has 0 aliphatic rings. The molecule has 0 spiro atoms. The number of carbonyl (C=O) groups is 2. The van der Waals surface area contributed by atoms with Crippen molar-refractivity contribution in [2.24, 2.45) is 0 Å². The lowest BCUT2D eigenvalue weighted by atomic mass is 10.2. The largest absolute Gasteiger partial charge is 0.495 e. The Hall–Kier alpha value is -3.02. The number of ether oxygens (including phenoxy) is 2. The Labute approximate surface area is 127 Å². The zero-order chi connectivity index (χ0) is 15.9. The zero-order valence-electron chi connectivity index (χ0n) is 11.9. The summed E-state index contributed by atoms with van der Waals surface area (Å²) in [4.78, 5) is 22.7. The van der Waals surface area contributed by atoms with E-state index in [0.717, 1.165) is 0 Å². The molecule has 0 bridgehead atoms. The Morgan fingerprint density at radius 1 is 1.14 bits per heavy atom. The van der Waals surface area contributed by atoms with Crippen molar-refractivity contribution < 1.29 is 24.2 Å². The lowest BCUT2D eigenvalue weighted by Crippen LogP contribution is -2.20. The summed E-state index contributed by atoms with van der Waals surface area (Å²) >= 11 is 0. The number of aromatic carboxylic acids is 1. The van der Waals surface area contributed by atoms with Gasteiger partial charge in [-0.15, -0.1) is 0 Å². The van der Waals surface area contributed by atoms with Crippen LogP contribution in [0, 0.1) is 0 Å². The number of carbonyl (C=O) groups excluding carboxylic acids is 1. The highest BCUT2D eigenvalue weighted by Gasteiger charge is 2.09. The Morgan fingerprint density at radius 2 is 1.91 bits per heavy atom. The van der Waals surface area contributed by atoms with Gasteiger partial charge in [0.25, 0.3) is 5.91 Å². The maximum Gasteiger partial charge on any atom is 0.335 e. The second-order valence-electron chi connectivity index (χ2n) is 4.37. The third-order valence-corrected chi connectivity index (χ3v) is 2.83. The summed E-state index contributed by atoms with van der Waals surface area (Å²) in [5.41, 5.74) is 0.639. The number of para-hydroxylation sites is 2. The first-order chi connectivity index (χ1) is 10.6. The monoisotopic (exact) mass is 301 g/mol. The highest BCUT2D eigenvalue weighted by atomic mass is 16.5. The Balaban J connectivity index is 1.95. The molecule has 0 fully saturated rings. The molecular formula is C16H15NO5. The van der Waals surface area contributed by atoms with Crippen molar-refractivity contribution in [1.82, 2.24) is 0 Å². The SMILES string of the molecule is COc1ccccc1NC(=O)COc1cccc(C(=O)O)c1. The lowest BCUT2D eigenvalue weighted by molar-refractivity contribution is -0.118. The molecule has 0 atom stereocenters. The van der Waals surface area contributed by atoms with E-state index in [4.69, 9.17) is 14.6 Å². The smallest absolute Gasteiger partial charge is 0.335 e. The molecule has 0 aliphatic carbocycles. The summed E-state index contributed by atoms with van der Waals surface area (Å²) in [5.74, 6) is -0.562. The minimum atomic E-state index is -1.05. The number of rotatable bonds is 6. The lowest BCUT2D eigenvalue weighted by Gasteiger charge is -2.10. The highest BCUT2D eigenvalue weighted by Crippen LogP contribution is 2.22. The molecule has 6 nitrogen and oxygen atoms in total. The first kappa shape index (κ1) is 15.4. The number of amides is 1. The molecule has 0 heterocycles. The normalized spacial score (nSPS) is 9.86. The molecule has 0 unspecified atom stereocenters. The Kier molecular flexibility index (Phi) is 4.98. The molecule has 1 amide bonds. The molecule has 0 saturated carbocycles. The number of benzene rings is 2. The molecule has 0 saturated heterocycles. The minimum Gasteiger partial charge on any atom is -0.495 e. The first-order valence-electron chi connectivity index (χ1n) is 6.49. The van der Waals surface area contributed by atoms with Crippen LogP contribution in [0.4, 0.5) is 5.69 Å². The van der Waals surface area contributed by atoms with Crippen LogP contribution in [0.5, 0.6) is 11.5 Å². The van der Waals surface area contributed by atoms with Gasteiger partial charge in [0.1, 0.15) is 11.5 Å². The molecule has 0 aromatic heterocycles. The van der Waals surface area contributed by atoms with E-state index in [1.807, 2.05) is 0 Å². The fourth-order valence-electron chi connectivity index (χ4n) is 1.80. The fourth-order valence-corrected chi connectivity index (χ4v) is 1.80. The Bertz CT molecular complexity index is 684. The van der Waals surface area contributed by atoms with E-state index < -0.39 is 5.97 Å². The number of hydrogen-bond donors (Lipinski definition) is 2. The van der Waals surface area contributed by atoms with Crippen LogP contribution in [0.3, 0.4) is 0 Å². The predicted octanol–water partition coefficient (Wildman–Crippen LogP) is 2.41. The van der Waals surface area contributed by atoms with Gasteiger partial charge < -0.3 is 19.9 Å². The topological polar surface area (TPSA) is 84.9 Å². The molecule has 0 radical (unpaired) electrons. The minimum absolute atomic E-state index is 0.0997.